The minimum Gasteiger partial charge on any atom is -0.493 e. The van der Waals surface area contributed by atoms with Gasteiger partial charge in [0.25, 0.3) is 0 Å². The van der Waals surface area contributed by atoms with Crippen LogP contribution in [0.2, 0.25) is 0 Å². The van der Waals surface area contributed by atoms with Crippen LogP contribution in [0.1, 0.15) is 0 Å². The smallest absolute Gasteiger partial charge is 0.203 e. The number of aromatic amines is 1. The number of hydrogen-bond acceptors (Lipinski definition) is 4. The van der Waals surface area contributed by atoms with E-state index < -0.39 is 0 Å². The zero-order chi connectivity index (χ0) is 20.7. The van der Waals surface area contributed by atoms with E-state index in [1.54, 1.807) is 21.3 Å². The Labute approximate surface area is 173 Å². The van der Waals surface area contributed by atoms with Crippen molar-refractivity contribution in [2.75, 3.05) is 21.3 Å². The molecule has 2 aromatic carbocycles. The molecule has 0 fully saturated rings. The van der Waals surface area contributed by atoms with Gasteiger partial charge in [-0.3, -0.25) is 0 Å². The minimum atomic E-state index is 0.557. The number of benzene rings is 2. The van der Waals surface area contributed by atoms with Crippen LogP contribution in [0.15, 0.2) is 67.0 Å². The maximum Gasteiger partial charge on any atom is 0.203 e. The molecule has 0 saturated heterocycles. The van der Waals surface area contributed by atoms with Gasteiger partial charge in [-0.1, -0.05) is 18.2 Å². The first-order valence-corrected chi connectivity index (χ1v) is 9.58. The van der Waals surface area contributed by atoms with Crippen LogP contribution in [0.25, 0.3) is 39.1 Å². The first kappa shape index (κ1) is 18.1. The summed E-state index contributed by atoms with van der Waals surface area (Å²) in [7, 11) is 4.82. The highest BCUT2D eigenvalue weighted by Gasteiger charge is 2.18. The number of rotatable bonds is 5. The highest BCUT2D eigenvalue weighted by Crippen LogP contribution is 2.42. The quantitative estimate of drug-likeness (QED) is 0.443. The molecular weight excluding hydrogens is 378 g/mol. The second-order valence-electron chi connectivity index (χ2n) is 6.96. The first-order valence-electron chi connectivity index (χ1n) is 9.58. The molecule has 3 aromatic heterocycles. The summed E-state index contributed by atoms with van der Waals surface area (Å²) in [6.45, 7) is 0. The van der Waals surface area contributed by atoms with Crippen LogP contribution in [-0.4, -0.2) is 35.7 Å². The molecule has 5 aromatic rings. The van der Waals surface area contributed by atoms with E-state index in [-0.39, 0.29) is 0 Å². The van der Waals surface area contributed by atoms with Gasteiger partial charge in [0, 0.05) is 28.9 Å². The fraction of sp³-hybridized carbons (Fsp3) is 0.125. The van der Waals surface area contributed by atoms with E-state index in [4.69, 9.17) is 19.2 Å². The van der Waals surface area contributed by atoms with Gasteiger partial charge in [0.1, 0.15) is 5.69 Å². The SMILES string of the molecule is COc1cc(-c2nc(-c3cc4ccccc4[nH]3)cn3cccc23)cc(OC)c1OC. The number of hydrogen-bond donors (Lipinski definition) is 1. The van der Waals surface area contributed by atoms with E-state index in [1.165, 1.54) is 0 Å². The van der Waals surface area contributed by atoms with Gasteiger partial charge in [-0.25, -0.2) is 4.98 Å². The number of methoxy groups -OCH3 is 3. The predicted octanol–water partition coefficient (Wildman–Crippen LogP) is 5.18. The fourth-order valence-electron chi connectivity index (χ4n) is 3.82. The molecule has 1 N–H and O–H groups in total. The van der Waals surface area contributed by atoms with E-state index in [9.17, 15) is 0 Å². The third kappa shape index (κ3) is 2.85. The summed E-state index contributed by atoms with van der Waals surface area (Å²) >= 11 is 0. The Balaban J connectivity index is 1.74. The lowest BCUT2D eigenvalue weighted by Crippen LogP contribution is -1.98. The number of H-pyrrole nitrogens is 1. The lowest BCUT2D eigenvalue weighted by Gasteiger charge is -2.15. The van der Waals surface area contributed by atoms with Gasteiger partial charge in [0.2, 0.25) is 5.75 Å². The number of fused-ring (bicyclic) bond motifs is 2. The summed E-state index contributed by atoms with van der Waals surface area (Å²) < 4.78 is 18.6. The Hall–Kier alpha value is -3.93. The van der Waals surface area contributed by atoms with Crippen LogP contribution in [0.4, 0.5) is 0 Å². The minimum absolute atomic E-state index is 0.557. The topological polar surface area (TPSA) is 60.8 Å². The van der Waals surface area contributed by atoms with Gasteiger partial charge >= 0.3 is 0 Å². The highest BCUT2D eigenvalue weighted by atomic mass is 16.5. The number of ether oxygens (including phenoxy) is 3. The molecule has 3 heterocycles. The first-order chi connectivity index (χ1) is 14.7. The van der Waals surface area contributed by atoms with Gasteiger partial charge in [-0.2, -0.15) is 0 Å². The van der Waals surface area contributed by atoms with Crippen molar-refractivity contribution in [3.63, 3.8) is 0 Å². The van der Waals surface area contributed by atoms with Crippen molar-refractivity contribution in [1.82, 2.24) is 14.4 Å². The van der Waals surface area contributed by atoms with Crippen molar-refractivity contribution in [3.8, 4) is 39.9 Å². The van der Waals surface area contributed by atoms with E-state index in [1.807, 2.05) is 48.8 Å². The summed E-state index contributed by atoms with van der Waals surface area (Å²) in [4.78, 5) is 8.48. The molecule has 0 atom stereocenters. The van der Waals surface area contributed by atoms with Crippen LogP contribution >= 0.6 is 0 Å². The van der Waals surface area contributed by atoms with Gasteiger partial charge in [0.05, 0.1) is 38.2 Å². The summed E-state index contributed by atoms with van der Waals surface area (Å²) in [6.07, 6.45) is 4.05. The number of para-hydroxylation sites is 1. The average Bonchev–Trinajstić information content (AvgIpc) is 3.44. The van der Waals surface area contributed by atoms with Gasteiger partial charge in [-0.05, 0) is 36.4 Å². The maximum absolute atomic E-state index is 5.54. The van der Waals surface area contributed by atoms with Crippen molar-refractivity contribution in [2.45, 2.75) is 0 Å². The molecule has 0 spiro atoms. The van der Waals surface area contributed by atoms with E-state index in [0.717, 1.165) is 39.1 Å². The van der Waals surface area contributed by atoms with E-state index in [0.29, 0.717) is 17.2 Å². The Morgan fingerprint density at radius 2 is 1.63 bits per heavy atom. The maximum atomic E-state index is 5.54. The van der Waals surface area contributed by atoms with Crippen molar-refractivity contribution in [2.24, 2.45) is 0 Å². The zero-order valence-electron chi connectivity index (χ0n) is 17.0. The van der Waals surface area contributed by atoms with Crippen LogP contribution in [0.5, 0.6) is 17.2 Å². The van der Waals surface area contributed by atoms with E-state index >= 15 is 0 Å². The van der Waals surface area contributed by atoms with Crippen LogP contribution in [0, 0.1) is 0 Å². The predicted molar refractivity (Wildman–Crippen MR) is 118 cm³/mol. The Morgan fingerprint density at radius 1 is 0.867 bits per heavy atom. The Bertz CT molecular complexity index is 1310. The summed E-state index contributed by atoms with van der Waals surface area (Å²) in [5.41, 5.74) is 5.58. The van der Waals surface area contributed by atoms with Gasteiger partial charge in [0.15, 0.2) is 11.5 Å². The van der Waals surface area contributed by atoms with E-state index in [2.05, 4.69) is 27.6 Å². The average molecular weight is 399 g/mol. The second kappa shape index (κ2) is 7.15. The zero-order valence-corrected chi connectivity index (χ0v) is 17.0. The summed E-state index contributed by atoms with van der Waals surface area (Å²) in [5.74, 6) is 1.74. The molecule has 0 aliphatic rings. The molecule has 0 aliphatic heterocycles. The van der Waals surface area contributed by atoms with Crippen molar-refractivity contribution in [1.29, 1.82) is 0 Å². The highest BCUT2D eigenvalue weighted by molar-refractivity contribution is 5.87. The number of nitrogens with one attached hydrogen (secondary N) is 1. The van der Waals surface area contributed by atoms with Gasteiger partial charge < -0.3 is 23.6 Å². The number of nitrogens with zero attached hydrogens (tertiary/aromatic N) is 2. The summed E-state index contributed by atoms with van der Waals surface area (Å²) in [6, 6.07) is 18.2. The van der Waals surface area contributed by atoms with Crippen molar-refractivity contribution in [3.05, 3.63) is 67.0 Å². The molecule has 150 valence electrons. The molecule has 0 unspecified atom stereocenters. The van der Waals surface area contributed by atoms with Crippen molar-refractivity contribution < 1.29 is 14.2 Å². The molecular formula is C24H21N3O3. The molecule has 0 saturated carbocycles. The third-order valence-electron chi connectivity index (χ3n) is 5.26. The molecule has 0 radical (unpaired) electrons. The normalized spacial score (nSPS) is 11.2. The second-order valence-corrected chi connectivity index (χ2v) is 6.96. The monoisotopic (exact) mass is 399 g/mol. The molecule has 0 aliphatic carbocycles. The lowest BCUT2D eigenvalue weighted by atomic mass is 10.1. The molecule has 0 bridgehead atoms. The largest absolute Gasteiger partial charge is 0.493 e. The lowest BCUT2D eigenvalue weighted by molar-refractivity contribution is 0.324. The molecule has 30 heavy (non-hydrogen) atoms. The third-order valence-corrected chi connectivity index (χ3v) is 5.26. The van der Waals surface area contributed by atoms with Crippen LogP contribution < -0.4 is 14.2 Å². The fourth-order valence-corrected chi connectivity index (χ4v) is 3.82. The van der Waals surface area contributed by atoms with Crippen LogP contribution in [0.3, 0.4) is 0 Å². The molecule has 6 heteroatoms. The van der Waals surface area contributed by atoms with Gasteiger partial charge in [-0.15, -0.1) is 0 Å². The number of aromatic nitrogens is 3. The Kier molecular flexibility index (Phi) is 4.32. The standard InChI is InChI=1S/C24H21N3O3/c1-28-21-12-16(13-22(29-2)24(21)30-3)23-20-9-6-10-27(20)14-19(26-23)18-11-15-7-4-5-8-17(15)25-18/h4-14,25H,1-3H3. The van der Waals surface area contributed by atoms with Crippen LogP contribution in [-0.2, 0) is 0 Å². The molecule has 0 amide bonds. The summed E-state index contributed by atoms with van der Waals surface area (Å²) in [5, 5.41) is 1.15. The molecule has 5 rings (SSSR count). The molecule has 6 nitrogen and oxygen atoms in total. The van der Waals surface area contributed by atoms with Crippen molar-refractivity contribution >= 4 is 16.4 Å². The Morgan fingerprint density at radius 3 is 2.33 bits per heavy atom.